The molecule has 0 saturated carbocycles. The van der Waals surface area contributed by atoms with Crippen molar-refractivity contribution in [3.8, 4) is 0 Å². The Morgan fingerprint density at radius 3 is 2.44 bits per heavy atom. The normalized spacial score (nSPS) is 11.8. The molecule has 0 heterocycles. The lowest BCUT2D eigenvalue weighted by Crippen LogP contribution is -2.22. The molecule has 4 nitrogen and oxygen atoms in total. The highest BCUT2D eigenvalue weighted by molar-refractivity contribution is 7.89. The molecule has 0 atom stereocenters. The number of alkyl halides is 1. The second kappa shape index (κ2) is 4.05. The molecule has 56 valence electrons. The number of rotatable bonds is 4. The third-order valence-corrected chi connectivity index (χ3v) is 2.06. The molecule has 0 aromatic heterocycles. The summed E-state index contributed by atoms with van der Waals surface area (Å²) in [6, 6.07) is 0. The highest BCUT2D eigenvalue weighted by atomic mass is 35.5. The van der Waals surface area contributed by atoms with E-state index in [4.69, 9.17) is 16.8 Å². The molecule has 0 bridgehead atoms. The van der Waals surface area contributed by atoms with Gasteiger partial charge in [0.05, 0.1) is 5.75 Å². The fraction of sp³-hybridized carbons (Fsp3) is 1.00. The largest absolute Gasteiger partial charge is 0.302 e. The number of hydrogen-bond acceptors (Lipinski definition) is 3. The molecule has 0 aromatic rings. The van der Waals surface area contributed by atoms with Crippen LogP contribution in [0, 0.1) is 0 Å². The number of sulfonamides is 1. The zero-order valence-electron chi connectivity index (χ0n) is 4.67. The van der Waals surface area contributed by atoms with Gasteiger partial charge in [-0.25, -0.2) is 8.42 Å². The molecule has 0 fully saturated rings. The van der Waals surface area contributed by atoms with E-state index < -0.39 is 10.0 Å². The van der Waals surface area contributed by atoms with E-state index in [9.17, 15) is 8.42 Å². The predicted molar refractivity (Wildman–Crippen MR) is 34.0 cm³/mol. The smallest absolute Gasteiger partial charge is 0.233 e. The van der Waals surface area contributed by atoms with Gasteiger partial charge in [0.15, 0.2) is 0 Å². The van der Waals surface area contributed by atoms with E-state index in [0.717, 1.165) is 0 Å². The van der Waals surface area contributed by atoms with Crippen LogP contribution in [0.3, 0.4) is 0 Å². The van der Waals surface area contributed by atoms with Crippen molar-refractivity contribution in [2.75, 3.05) is 11.6 Å². The van der Waals surface area contributed by atoms with Gasteiger partial charge in [0.25, 0.3) is 0 Å². The summed E-state index contributed by atoms with van der Waals surface area (Å²) in [7, 11) is -3.46. The molecule has 6 heteroatoms. The molecule has 0 aliphatic carbocycles. The quantitative estimate of drug-likeness (QED) is 0.462. The molecule has 0 amide bonds. The minimum absolute atomic E-state index is 0.132. The molecule has 2 N–H and O–H groups in total. The minimum atomic E-state index is -3.46. The van der Waals surface area contributed by atoms with Crippen molar-refractivity contribution in [3.05, 3.63) is 0 Å². The van der Waals surface area contributed by atoms with Gasteiger partial charge in [-0.1, -0.05) is 4.89 Å². The van der Waals surface area contributed by atoms with Crippen LogP contribution in [0.5, 0.6) is 0 Å². The van der Waals surface area contributed by atoms with Crippen LogP contribution in [0.15, 0.2) is 0 Å². The fourth-order valence-electron chi connectivity index (χ4n) is 0.290. The van der Waals surface area contributed by atoms with E-state index in [-0.39, 0.29) is 11.6 Å². The van der Waals surface area contributed by atoms with Gasteiger partial charge < -0.3 is 5.21 Å². The van der Waals surface area contributed by atoms with Gasteiger partial charge in [-0.2, -0.15) is 0 Å². The van der Waals surface area contributed by atoms with Gasteiger partial charge in [0, 0.05) is 5.88 Å². The van der Waals surface area contributed by atoms with Crippen molar-refractivity contribution in [3.63, 3.8) is 0 Å². The molecule has 0 aliphatic rings. The molecule has 0 unspecified atom stereocenters. The average Bonchev–Trinajstić information content (AvgIpc) is 1.84. The van der Waals surface area contributed by atoms with Crippen LogP contribution >= 0.6 is 11.6 Å². The summed E-state index contributed by atoms with van der Waals surface area (Å²) in [4.78, 5) is 1.19. The standard InChI is InChI=1S/C3H8ClNO3S/c4-2-1-3-9(7,8)5-6/h5-6H,1-3H2. The first-order valence-corrected chi connectivity index (χ1v) is 4.50. The zero-order chi connectivity index (χ0) is 7.33. The number of nitrogens with one attached hydrogen (secondary N) is 1. The monoisotopic (exact) mass is 173 g/mol. The van der Waals surface area contributed by atoms with E-state index in [1.807, 2.05) is 0 Å². The Kier molecular flexibility index (Phi) is 4.12. The van der Waals surface area contributed by atoms with Crippen molar-refractivity contribution >= 4 is 21.6 Å². The van der Waals surface area contributed by atoms with E-state index in [1.165, 1.54) is 4.89 Å². The lowest BCUT2D eigenvalue weighted by molar-refractivity contribution is 0.242. The van der Waals surface area contributed by atoms with E-state index in [2.05, 4.69) is 0 Å². The maximum Gasteiger partial charge on any atom is 0.233 e. The Morgan fingerprint density at radius 1 is 1.56 bits per heavy atom. The fourth-order valence-corrected chi connectivity index (χ4v) is 1.20. The van der Waals surface area contributed by atoms with Crippen LogP contribution in [0.4, 0.5) is 0 Å². The maximum atomic E-state index is 10.3. The molecular weight excluding hydrogens is 166 g/mol. The predicted octanol–water partition coefficient (Wildman–Crippen LogP) is -0.0761. The molecule has 0 aromatic carbocycles. The van der Waals surface area contributed by atoms with Crippen molar-refractivity contribution in [1.82, 2.24) is 4.89 Å². The van der Waals surface area contributed by atoms with Gasteiger partial charge in [0.1, 0.15) is 0 Å². The van der Waals surface area contributed by atoms with Crippen LogP contribution < -0.4 is 4.89 Å². The van der Waals surface area contributed by atoms with Crippen LogP contribution in [0.2, 0.25) is 0 Å². The van der Waals surface area contributed by atoms with E-state index in [0.29, 0.717) is 6.42 Å². The highest BCUT2D eigenvalue weighted by Crippen LogP contribution is 1.89. The number of halogens is 1. The summed E-state index contributed by atoms with van der Waals surface area (Å²) in [5.74, 6) is 0.147. The number of hydrogen-bond donors (Lipinski definition) is 2. The lowest BCUT2D eigenvalue weighted by Gasteiger charge is -1.96. The van der Waals surface area contributed by atoms with Gasteiger partial charge in [-0.05, 0) is 6.42 Å². The summed E-state index contributed by atoms with van der Waals surface area (Å²) in [6.45, 7) is 0. The summed E-state index contributed by atoms with van der Waals surface area (Å²) in [5, 5.41) is 7.94. The first kappa shape index (κ1) is 9.16. The van der Waals surface area contributed by atoms with Crippen LogP contribution in [0.1, 0.15) is 6.42 Å². The molecular formula is C3H8ClNO3S. The second-order valence-electron chi connectivity index (χ2n) is 1.45. The van der Waals surface area contributed by atoms with E-state index in [1.54, 1.807) is 0 Å². The molecule has 0 rings (SSSR count). The second-order valence-corrected chi connectivity index (χ2v) is 3.65. The van der Waals surface area contributed by atoms with Crippen molar-refractivity contribution < 1.29 is 13.6 Å². The first-order chi connectivity index (χ1) is 4.12. The lowest BCUT2D eigenvalue weighted by atomic mass is 10.6. The maximum absolute atomic E-state index is 10.3. The molecule has 9 heavy (non-hydrogen) atoms. The van der Waals surface area contributed by atoms with Crippen LogP contribution in [-0.2, 0) is 10.0 Å². The SMILES string of the molecule is O=S(=O)(CCCCl)NO. The third-order valence-electron chi connectivity index (χ3n) is 0.686. The Labute approximate surface area is 58.8 Å². The van der Waals surface area contributed by atoms with Gasteiger partial charge in [0.2, 0.25) is 10.0 Å². The summed E-state index contributed by atoms with van der Waals surface area (Å²) in [6.07, 6.45) is 0.345. The Hall–Kier alpha value is 0.160. The molecule has 0 saturated heterocycles. The zero-order valence-corrected chi connectivity index (χ0v) is 6.24. The topological polar surface area (TPSA) is 66.4 Å². The van der Waals surface area contributed by atoms with Gasteiger partial charge in [-0.3, -0.25) is 0 Å². The highest BCUT2D eigenvalue weighted by Gasteiger charge is 2.05. The van der Waals surface area contributed by atoms with Gasteiger partial charge >= 0.3 is 0 Å². The summed E-state index contributed by atoms with van der Waals surface area (Å²) in [5.41, 5.74) is 0. The van der Waals surface area contributed by atoms with Crippen LogP contribution in [-0.4, -0.2) is 25.3 Å². The van der Waals surface area contributed by atoms with Crippen LogP contribution in [0.25, 0.3) is 0 Å². The van der Waals surface area contributed by atoms with Crippen molar-refractivity contribution in [2.45, 2.75) is 6.42 Å². The third kappa shape index (κ3) is 4.65. The Morgan fingerprint density at radius 2 is 2.11 bits per heavy atom. The van der Waals surface area contributed by atoms with Gasteiger partial charge in [-0.15, -0.1) is 11.6 Å². The minimum Gasteiger partial charge on any atom is -0.302 e. The summed E-state index contributed by atoms with van der Waals surface area (Å²) < 4.78 is 20.7. The molecule has 0 spiro atoms. The van der Waals surface area contributed by atoms with E-state index >= 15 is 0 Å². The first-order valence-electron chi connectivity index (χ1n) is 2.32. The van der Waals surface area contributed by atoms with Crippen molar-refractivity contribution in [1.29, 1.82) is 0 Å². The Balaban J connectivity index is 3.61. The molecule has 0 aliphatic heterocycles. The van der Waals surface area contributed by atoms with Crippen molar-refractivity contribution in [2.24, 2.45) is 0 Å². The average molecular weight is 174 g/mol. The molecule has 0 radical (unpaired) electrons. The summed E-state index contributed by atoms with van der Waals surface area (Å²) >= 11 is 5.19. The Bertz CT molecular complexity index is 154.